The van der Waals surface area contributed by atoms with E-state index in [4.69, 9.17) is 21.9 Å². The van der Waals surface area contributed by atoms with E-state index in [2.05, 4.69) is 16.0 Å². The Morgan fingerprint density at radius 3 is 2.73 bits per heavy atom. The van der Waals surface area contributed by atoms with Gasteiger partial charge in [0.25, 0.3) is 0 Å². The summed E-state index contributed by atoms with van der Waals surface area (Å²) < 4.78 is 8.15. The van der Waals surface area contributed by atoms with E-state index in [1.54, 1.807) is 11.6 Å². The number of carboxylic acids is 1. The highest BCUT2D eigenvalue weighted by Crippen LogP contribution is 2.20. The summed E-state index contributed by atoms with van der Waals surface area (Å²) >= 11 is 0. The van der Waals surface area contributed by atoms with Gasteiger partial charge in [0.1, 0.15) is 11.9 Å². The second-order valence-electron chi connectivity index (χ2n) is 6.99. The van der Waals surface area contributed by atoms with Crippen LogP contribution in [-0.2, 0) is 14.3 Å². The number of nitrogen functional groups attached to an aromatic ring is 1. The number of quaternary nitrogens is 1. The number of guanidine groups is 1. The van der Waals surface area contributed by atoms with Crippen molar-refractivity contribution in [2.75, 3.05) is 19.3 Å². The Hall–Kier alpha value is -3.45. The third-order valence-electron chi connectivity index (χ3n) is 4.57. The maximum absolute atomic E-state index is 12.3. The molecule has 0 saturated carbocycles. The molecule has 13 nitrogen and oxygen atoms in total. The van der Waals surface area contributed by atoms with E-state index in [9.17, 15) is 19.5 Å². The van der Waals surface area contributed by atoms with Crippen molar-refractivity contribution in [2.24, 2.45) is 11.5 Å². The molecule has 1 aromatic rings. The summed E-state index contributed by atoms with van der Waals surface area (Å²) in [5.41, 5.74) is 19.6. The minimum atomic E-state index is -1.53. The van der Waals surface area contributed by atoms with E-state index in [1.165, 1.54) is 24.4 Å². The Morgan fingerprint density at radius 2 is 2.13 bits per heavy atom. The topological polar surface area (TPSA) is 222 Å². The largest absolute Gasteiger partial charge is 0.547 e. The number of aromatic nitrogens is 2. The number of nitrogens with one attached hydrogen (secondary N) is 1. The van der Waals surface area contributed by atoms with Gasteiger partial charge in [-0.05, 0) is 12.1 Å². The molecule has 0 aliphatic carbocycles. The number of amides is 1. The minimum absolute atomic E-state index is 0.0265. The zero-order valence-electron chi connectivity index (χ0n) is 16.6. The van der Waals surface area contributed by atoms with Gasteiger partial charge in [0, 0.05) is 12.6 Å². The Labute approximate surface area is 172 Å². The van der Waals surface area contributed by atoms with Gasteiger partial charge in [-0.25, -0.2) is 4.79 Å². The SMILES string of the molecule is C[N+](CC[C@H]([NH3+])CC(=O)N[C@H]1C=C[C@H](n2ccc(N)nc2=O)O[C@@H]1C(=O)[O-])=C(N)N. The van der Waals surface area contributed by atoms with Crippen LogP contribution < -0.4 is 39.0 Å². The Balaban J connectivity index is 2.02. The molecule has 2 heterocycles. The van der Waals surface area contributed by atoms with Crippen molar-refractivity contribution in [2.45, 2.75) is 37.3 Å². The van der Waals surface area contributed by atoms with Gasteiger partial charge in [-0.1, -0.05) is 6.08 Å². The number of hydrogen-bond acceptors (Lipinski definition) is 7. The predicted octanol–water partition coefficient (Wildman–Crippen LogP) is -5.18. The van der Waals surface area contributed by atoms with Gasteiger partial charge in [0.2, 0.25) is 5.91 Å². The Morgan fingerprint density at radius 1 is 1.43 bits per heavy atom. The van der Waals surface area contributed by atoms with E-state index in [-0.39, 0.29) is 24.2 Å². The number of carboxylic acid groups (broad SMARTS) is 1. The number of carbonyl (C=O) groups is 2. The molecule has 164 valence electrons. The number of nitrogens with zero attached hydrogens (tertiary/aromatic N) is 3. The summed E-state index contributed by atoms with van der Waals surface area (Å²) in [7, 11) is 1.72. The molecule has 0 saturated heterocycles. The van der Waals surface area contributed by atoms with Crippen LogP contribution in [0.3, 0.4) is 0 Å². The third kappa shape index (κ3) is 6.02. The average molecular weight is 423 g/mol. The number of rotatable bonds is 8. The summed E-state index contributed by atoms with van der Waals surface area (Å²) in [6.45, 7) is 0.518. The van der Waals surface area contributed by atoms with Crippen molar-refractivity contribution in [3.05, 3.63) is 34.9 Å². The number of anilines is 1. The van der Waals surface area contributed by atoms with Crippen LogP contribution in [-0.4, -0.2) is 63.7 Å². The average Bonchev–Trinajstić information content (AvgIpc) is 2.66. The second-order valence-corrected chi connectivity index (χ2v) is 6.99. The lowest BCUT2D eigenvalue weighted by Crippen LogP contribution is -2.63. The van der Waals surface area contributed by atoms with Gasteiger partial charge in [0.15, 0.2) is 6.23 Å². The van der Waals surface area contributed by atoms with E-state index < -0.39 is 35.9 Å². The predicted molar refractivity (Wildman–Crippen MR) is 103 cm³/mol. The van der Waals surface area contributed by atoms with Crippen LogP contribution in [0.5, 0.6) is 0 Å². The normalized spacial score (nSPS) is 21.6. The van der Waals surface area contributed by atoms with Crippen molar-refractivity contribution in [3.63, 3.8) is 0 Å². The number of hydrogen-bond donors (Lipinski definition) is 5. The van der Waals surface area contributed by atoms with E-state index in [1.807, 2.05) is 0 Å². The first-order chi connectivity index (χ1) is 14.1. The standard InChI is InChI=1S/C17H26N8O5/c1-24(16(20)21)6-4-9(18)8-12(26)22-10-2-3-13(30-14(10)15(27)28)25-7-5-11(19)23-17(25)29/h2-3,5,7,9-10,13-14H,4,6,8,18H2,1H3,(H7,19,20,21,22,23,26,27,28,29)/p+1/t9-,10-,13+,14-/m0/s1. The van der Waals surface area contributed by atoms with Crippen molar-refractivity contribution < 1.29 is 29.7 Å². The van der Waals surface area contributed by atoms with Gasteiger partial charge in [-0.3, -0.25) is 25.4 Å². The number of nitrogens with two attached hydrogens (primary N) is 3. The summed E-state index contributed by atoms with van der Waals surface area (Å²) in [5, 5.41) is 14.1. The molecule has 0 bridgehead atoms. The van der Waals surface area contributed by atoms with Gasteiger partial charge >= 0.3 is 11.6 Å². The molecule has 1 aliphatic rings. The molecular formula is C17H27N8O5+. The van der Waals surface area contributed by atoms with Crippen molar-refractivity contribution in [1.82, 2.24) is 14.9 Å². The van der Waals surface area contributed by atoms with Crippen LogP contribution in [0.2, 0.25) is 0 Å². The summed E-state index contributed by atoms with van der Waals surface area (Å²) in [5.74, 6) is -1.75. The van der Waals surface area contributed by atoms with E-state index in [0.717, 1.165) is 4.57 Å². The molecule has 30 heavy (non-hydrogen) atoms. The molecule has 1 aromatic heterocycles. The first-order valence-electron chi connectivity index (χ1n) is 9.19. The molecule has 0 aromatic carbocycles. The first-order valence-corrected chi connectivity index (χ1v) is 9.19. The quantitative estimate of drug-likeness (QED) is 0.116. The molecule has 0 unspecified atom stereocenters. The van der Waals surface area contributed by atoms with Crippen LogP contribution in [0.1, 0.15) is 19.1 Å². The molecule has 0 spiro atoms. The van der Waals surface area contributed by atoms with Crippen molar-refractivity contribution in [1.29, 1.82) is 0 Å². The summed E-state index contributed by atoms with van der Waals surface area (Å²) in [6, 6.07) is 0.162. The van der Waals surface area contributed by atoms with Gasteiger partial charge in [-0.2, -0.15) is 4.98 Å². The smallest absolute Gasteiger partial charge is 0.351 e. The van der Waals surface area contributed by atoms with Gasteiger partial charge in [0.05, 0.1) is 38.1 Å². The summed E-state index contributed by atoms with van der Waals surface area (Å²) in [4.78, 5) is 39.4. The monoisotopic (exact) mass is 423 g/mol. The molecule has 0 radical (unpaired) electrons. The zero-order chi connectivity index (χ0) is 22.4. The van der Waals surface area contributed by atoms with Crippen LogP contribution in [0, 0.1) is 0 Å². The second kappa shape index (κ2) is 9.84. The van der Waals surface area contributed by atoms with Crippen LogP contribution in [0.25, 0.3) is 0 Å². The molecule has 1 amide bonds. The molecule has 4 atom stereocenters. The molecule has 1 aliphatic heterocycles. The van der Waals surface area contributed by atoms with Gasteiger partial charge < -0.3 is 31.4 Å². The van der Waals surface area contributed by atoms with E-state index >= 15 is 0 Å². The van der Waals surface area contributed by atoms with Gasteiger partial charge in [-0.15, -0.1) is 0 Å². The van der Waals surface area contributed by atoms with Crippen molar-refractivity contribution >= 4 is 23.7 Å². The van der Waals surface area contributed by atoms with E-state index in [0.29, 0.717) is 13.0 Å². The first kappa shape index (κ1) is 22.8. The highest BCUT2D eigenvalue weighted by Gasteiger charge is 2.31. The third-order valence-corrected chi connectivity index (χ3v) is 4.57. The molecule has 0 fully saturated rings. The van der Waals surface area contributed by atoms with Crippen LogP contribution >= 0.6 is 0 Å². The Bertz CT molecular complexity index is 908. The maximum Gasteiger partial charge on any atom is 0.351 e. The zero-order valence-corrected chi connectivity index (χ0v) is 16.6. The summed E-state index contributed by atoms with van der Waals surface area (Å²) in [6.07, 6.45) is 2.29. The number of ether oxygens (including phenoxy) is 1. The van der Waals surface area contributed by atoms with Crippen LogP contribution in [0.15, 0.2) is 29.2 Å². The fourth-order valence-electron chi connectivity index (χ4n) is 2.81. The highest BCUT2D eigenvalue weighted by atomic mass is 16.5. The minimum Gasteiger partial charge on any atom is -0.547 e. The fourth-order valence-corrected chi connectivity index (χ4v) is 2.81. The maximum atomic E-state index is 12.3. The van der Waals surface area contributed by atoms with Crippen LogP contribution in [0.4, 0.5) is 5.82 Å². The molecule has 13 heteroatoms. The van der Waals surface area contributed by atoms with Crippen molar-refractivity contribution in [3.8, 4) is 0 Å². The Kier molecular flexibility index (Phi) is 7.49. The number of aliphatic carboxylic acids is 1. The highest BCUT2D eigenvalue weighted by molar-refractivity contribution is 5.79. The molecule has 2 rings (SSSR count). The lowest BCUT2D eigenvalue weighted by Gasteiger charge is -2.33. The number of carbonyl (C=O) groups excluding carboxylic acids is 2. The lowest BCUT2D eigenvalue weighted by molar-refractivity contribution is -0.512. The fraction of sp³-hybridized carbons (Fsp3) is 0.471. The molecular weight excluding hydrogens is 396 g/mol. The lowest BCUT2D eigenvalue weighted by atomic mass is 10.1. The molecule has 10 N–H and O–H groups in total.